The van der Waals surface area contributed by atoms with Crippen LogP contribution in [0.15, 0.2) is 24.3 Å². The van der Waals surface area contributed by atoms with Crippen molar-refractivity contribution in [3.05, 3.63) is 24.3 Å². The summed E-state index contributed by atoms with van der Waals surface area (Å²) in [7, 11) is 1.70. The van der Waals surface area contributed by atoms with Crippen LogP contribution in [0.2, 0.25) is 0 Å². The van der Waals surface area contributed by atoms with E-state index in [-0.39, 0.29) is 5.91 Å². The third kappa shape index (κ3) is 6.01. The number of carbonyl (C=O) groups is 3. The summed E-state index contributed by atoms with van der Waals surface area (Å²) in [5.41, 5.74) is 1.25. The van der Waals surface area contributed by atoms with E-state index < -0.39 is 11.8 Å². The van der Waals surface area contributed by atoms with Crippen LogP contribution in [0.4, 0.5) is 11.4 Å². The van der Waals surface area contributed by atoms with Gasteiger partial charge in [0.1, 0.15) is 0 Å². The molecule has 1 aromatic carbocycles. The number of rotatable bonds is 7. The summed E-state index contributed by atoms with van der Waals surface area (Å²) >= 11 is 0. The molecule has 0 unspecified atom stereocenters. The Kier molecular flexibility index (Phi) is 7.60. The SMILES string of the molecule is COCCN1CCC(CNC(=O)C(=O)Nc2cccc(N3CCCC3=O)c2)CC1. The number of ether oxygens (including phenoxy) is 1. The highest BCUT2D eigenvalue weighted by Gasteiger charge is 2.23. The van der Waals surface area contributed by atoms with E-state index in [4.69, 9.17) is 4.74 Å². The zero-order valence-electron chi connectivity index (χ0n) is 17.0. The van der Waals surface area contributed by atoms with E-state index in [0.717, 1.165) is 51.2 Å². The molecule has 2 aliphatic heterocycles. The van der Waals surface area contributed by atoms with Gasteiger partial charge in [0.05, 0.1) is 6.61 Å². The fourth-order valence-electron chi connectivity index (χ4n) is 3.81. The first-order valence-corrected chi connectivity index (χ1v) is 10.3. The number of methoxy groups -OCH3 is 1. The lowest BCUT2D eigenvalue weighted by Gasteiger charge is -2.31. The van der Waals surface area contributed by atoms with Crippen molar-refractivity contribution in [3.8, 4) is 0 Å². The molecule has 0 atom stereocenters. The summed E-state index contributed by atoms with van der Waals surface area (Å²) in [5, 5.41) is 5.38. The molecule has 0 saturated carbocycles. The molecule has 2 saturated heterocycles. The Balaban J connectivity index is 1.43. The Hall–Kier alpha value is -2.45. The first kappa shape index (κ1) is 21.3. The van der Waals surface area contributed by atoms with Crippen LogP contribution in [0, 0.1) is 5.92 Å². The molecule has 0 bridgehead atoms. The van der Waals surface area contributed by atoms with Crippen molar-refractivity contribution in [2.75, 3.05) is 56.7 Å². The van der Waals surface area contributed by atoms with Crippen molar-refractivity contribution in [2.45, 2.75) is 25.7 Å². The molecule has 158 valence electrons. The Morgan fingerprint density at radius 3 is 2.66 bits per heavy atom. The molecule has 0 radical (unpaired) electrons. The molecule has 8 nitrogen and oxygen atoms in total. The van der Waals surface area contributed by atoms with Gasteiger partial charge in [-0.2, -0.15) is 0 Å². The molecule has 1 aromatic rings. The summed E-state index contributed by atoms with van der Waals surface area (Å²) in [5.74, 6) is -0.851. The van der Waals surface area contributed by atoms with Crippen LogP contribution in [0.25, 0.3) is 0 Å². The highest BCUT2D eigenvalue weighted by molar-refractivity contribution is 6.39. The Morgan fingerprint density at radius 1 is 1.17 bits per heavy atom. The monoisotopic (exact) mass is 402 g/mol. The highest BCUT2D eigenvalue weighted by Crippen LogP contribution is 2.24. The third-order valence-corrected chi connectivity index (χ3v) is 5.57. The Morgan fingerprint density at radius 2 is 1.97 bits per heavy atom. The maximum Gasteiger partial charge on any atom is 0.313 e. The number of benzene rings is 1. The van der Waals surface area contributed by atoms with Crippen LogP contribution in [0.5, 0.6) is 0 Å². The van der Waals surface area contributed by atoms with E-state index in [9.17, 15) is 14.4 Å². The van der Waals surface area contributed by atoms with Crippen molar-refractivity contribution in [3.63, 3.8) is 0 Å². The largest absolute Gasteiger partial charge is 0.383 e. The van der Waals surface area contributed by atoms with E-state index in [2.05, 4.69) is 15.5 Å². The number of anilines is 2. The van der Waals surface area contributed by atoms with Gasteiger partial charge in [-0.25, -0.2) is 0 Å². The fourth-order valence-corrected chi connectivity index (χ4v) is 3.81. The second-order valence-electron chi connectivity index (χ2n) is 7.64. The Labute approximate surface area is 171 Å². The standard InChI is InChI=1S/C21H30N4O4/c1-29-13-12-24-10-7-16(8-11-24)15-22-20(27)21(28)23-17-4-2-5-18(14-17)25-9-3-6-19(25)26/h2,4-5,14,16H,3,6-13,15H2,1H3,(H,22,27)(H,23,28). The molecule has 0 spiro atoms. The second kappa shape index (κ2) is 10.4. The van der Waals surface area contributed by atoms with Gasteiger partial charge < -0.3 is 25.2 Å². The average Bonchev–Trinajstić information content (AvgIpc) is 3.17. The molecule has 2 heterocycles. The summed E-state index contributed by atoms with van der Waals surface area (Å²) in [6, 6.07) is 7.04. The molecule has 8 heteroatoms. The molecule has 2 fully saturated rings. The van der Waals surface area contributed by atoms with E-state index in [1.165, 1.54) is 0 Å². The minimum atomic E-state index is -0.688. The highest BCUT2D eigenvalue weighted by atomic mass is 16.5. The van der Waals surface area contributed by atoms with E-state index in [1.807, 2.05) is 6.07 Å². The molecule has 2 aliphatic rings. The topological polar surface area (TPSA) is 91.0 Å². The van der Waals surface area contributed by atoms with Crippen molar-refractivity contribution < 1.29 is 19.1 Å². The average molecular weight is 402 g/mol. The van der Waals surface area contributed by atoms with Gasteiger partial charge in [0.2, 0.25) is 5.91 Å². The number of carbonyl (C=O) groups excluding carboxylic acids is 3. The van der Waals surface area contributed by atoms with Gasteiger partial charge in [-0.05, 0) is 56.5 Å². The number of nitrogens with zero attached hydrogens (tertiary/aromatic N) is 2. The molecule has 2 N–H and O–H groups in total. The lowest BCUT2D eigenvalue weighted by molar-refractivity contribution is -0.136. The van der Waals surface area contributed by atoms with Gasteiger partial charge in [-0.15, -0.1) is 0 Å². The van der Waals surface area contributed by atoms with Gasteiger partial charge in [0.25, 0.3) is 0 Å². The minimum absolute atomic E-state index is 0.0829. The Bertz CT molecular complexity index is 731. The van der Waals surface area contributed by atoms with Gasteiger partial charge >= 0.3 is 11.8 Å². The summed E-state index contributed by atoms with van der Waals surface area (Å²) < 4.78 is 5.10. The minimum Gasteiger partial charge on any atom is -0.383 e. The van der Waals surface area contributed by atoms with E-state index in [1.54, 1.807) is 30.2 Å². The van der Waals surface area contributed by atoms with Crippen LogP contribution in [-0.4, -0.2) is 69.1 Å². The summed E-state index contributed by atoms with van der Waals surface area (Å²) in [6.07, 6.45) is 3.38. The van der Waals surface area contributed by atoms with Gasteiger partial charge in [-0.3, -0.25) is 14.4 Å². The lowest BCUT2D eigenvalue weighted by Crippen LogP contribution is -2.42. The lowest BCUT2D eigenvalue weighted by atomic mass is 9.97. The predicted octanol–water partition coefficient (Wildman–Crippen LogP) is 1.23. The quantitative estimate of drug-likeness (QED) is 0.670. The summed E-state index contributed by atoms with van der Waals surface area (Å²) in [4.78, 5) is 40.3. The maximum absolute atomic E-state index is 12.2. The van der Waals surface area contributed by atoms with Gasteiger partial charge in [0.15, 0.2) is 0 Å². The van der Waals surface area contributed by atoms with E-state index in [0.29, 0.717) is 31.1 Å². The van der Waals surface area contributed by atoms with Crippen LogP contribution in [0.3, 0.4) is 0 Å². The van der Waals surface area contributed by atoms with Crippen molar-refractivity contribution in [1.29, 1.82) is 0 Å². The van der Waals surface area contributed by atoms with Crippen molar-refractivity contribution >= 4 is 29.1 Å². The van der Waals surface area contributed by atoms with Gasteiger partial charge in [-0.1, -0.05) is 6.07 Å². The molecule has 0 aromatic heterocycles. The van der Waals surface area contributed by atoms with Crippen molar-refractivity contribution in [2.24, 2.45) is 5.92 Å². The van der Waals surface area contributed by atoms with Crippen LogP contribution >= 0.6 is 0 Å². The maximum atomic E-state index is 12.2. The number of hydrogen-bond acceptors (Lipinski definition) is 5. The molecule has 3 rings (SSSR count). The normalized spacial score (nSPS) is 18.1. The van der Waals surface area contributed by atoms with Crippen LogP contribution in [0.1, 0.15) is 25.7 Å². The number of amides is 3. The van der Waals surface area contributed by atoms with Gasteiger partial charge in [0, 0.05) is 44.5 Å². The number of piperidine rings is 1. The number of nitrogens with one attached hydrogen (secondary N) is 2. The molecule has 29 heavy (non-hydrogen) atoms. The zero-order valence-corrected chi connectivity index (χ0v) is 17.0. The van der Waals surface area contributed by atoms with Crippen molar-refractivity contribution in [1.82, 2.24) is 10.2 Å². The van der Waals surface area contributed by atoms with Crippen LogP contribution in [-0.2, 0) is 19.1 Å². The number of likely N-dealkylation sites (tertiary alicyclic amines) is 1. The third-order valence-electron chi connectivity index (χ3n) is 5.57. The molecular weight excluding hydrogens is 372 g/mol. The smallest absolute Gasteiger partial charge is 0.313 e. The molecule has 0 aliphatic carbocycles. The first-order valence-electron chi connectivity index (χ1n) is 10.3. The number of hydrogen-bond donors (Lipinski definition) is 2. The second-order valence-corrected chi connectivity index (χ2v) is 7.64. The zero-order chi connectivity index (χ0) is 20.6. The molecular formula is C21H30N4O4. The van der Waals surface area contributed by atoms with Crippen LogP contribution < -0.4 is 15.5 Å². The predicted molar refractivity (Wildman–Crippen MR) is 111 cm³/mol. The fraction of sp³-hybridized carbons (Fsp3) is 0.571. The first-order chi connectivity index (χ1) is 14.1. The van der Waals surface area contributed by atoms with E-state index >= 15 is 0 Å². The summed E-state index contributed by atoms with van der Waals surface area (Å²) in [6.45, 7) is 4.82. The molecule has 3 amide bonds.